The van der Waals surface area contributed by atoms with Crippen molar-refractivity contribution in [2.24, 2.45) is 0 Å². The Labute approximate surface area is 212 Å². The molecule has 6 rings (SSSR count). The van der Waals surface area contributed by atoms with Gasteiger partial charge in [-0.15, -0.1) is 0 Å². The van der Waals surface area contributed by atoms with Gasteiger partial charge in [0.1, 0.15) is 6.04 Å². The second-order valence-electron chi connectivity index (χ2n) is 10.1. The first kappa shape index (κ1) is 23.8. The minimum Gasteiger partial charge on any atom is -0.389 e. The summed E-state index contributed by atoms with van der Waals surface area (Å²) < 4.78 is 33.8. The number of nitrogens with zero attached hydrogens (tertiary/aromatic N) is 6. The van der Waals surface area contributed by atoms with Gasteiger partial charge in [0, 0.05) is 44.2 Å². The lowest BCUT2D eigenvalue weighted by molar-refractivity contribution is 0.00884. The zero-order chi connectivity index (χ0) is 25.2. The van der Waals surface area contributed by atoms with E-state index in [0.717, 1.165) is 42.8 Å². The third-order valence-electron chi connectivity index (χ3n) is 7.76. The first-order valence-electron chi connectivity index (χ1n) is 12.1. The van der Waals surface area contributed by atoms with Crippen molar-refractivity contribution in [3.63, 3.8) is 0 Å². The summed E-state index contributed by atoms with van der Waals surface area (Å²) in [4.78, 5) is 13.5. The SMILES string of the molecule is Cc1c(Nc2ncc3cc(Cl)c(N4CCN(C5(C)COCC5O)CC4)cc3n2)cnn1C1CC1(F)F. The molecule has 1 saturated carbocycles. The molecule has 1 aliphatic carbocycles. The molecule has 3 unspecified atom stereocenters. The zero-order valence-corrected chi connectivity index (χ0v) is 20.8. The number of benzene rings is 1. The summed E-state index contributed by atoms with van der Waals surface area (Å²) in [6.45, 7) is 7.78. The number of piperazine rings is 1. The van der Waals surface area contributed by atoms with Crippen LogP contribution in [0.5, 0.6) is 0 Å². The van der Waals surface area contributed by atoms with Crippen LogP contribution in [0, 0.1) is 6.92 Å². The Morgan fingerprint density at radius 3 is 2.61 bits per heavy atom. The quantitative estimate of drug-likeness (QED) is 0.530. The van der Waals surface area contributed by atoms with E-state index in [-0.39, 0.29) is 12.0 Å². The fourth-order valence-corrected chi connectivity index (χ4v) is 5.49. The van der Waals surface area contributed by atoms with Crippen LogP contribution in [0.1, 0.15) is 25.1 Å². The lowest BCUT2D eigenvalue weighted by Crippen LogP contribution is -2.60. The number of nitrogens with one attached hydrogen (secondary N) is 1. The van der Waals surface area contributed by atoms with Crippen LogP contribution in [0.25, 0.3) is 10.9 Å². The number of aliphatic hydroxyl groups is 1. The summed E-state index contributed by atoms with van der Waals surface area (Å²) in [5, 5.41) is 19.1. The Morgan fingerprint density at radius 1 is 1.19 bits per heavy atom. The Kier molecular flexibility index (Phi) is 5.60. The van der Waals surface area contributed by atoms with E-state index in [2.05, 4.69) is 37.1 Å². The Bertz CT molecular complexity index is 1310. The number of aliphatic hydroxyl groups excluding tert-OH is 1. The number of ether oxygens (including phenoxy) is 1. The zero-order valence-electron chi connectivity index (χ0n) is 20.1. The minimum absolute atomic E-state index is 0.188. The molecule has 36 heavy (non-hydrogen) atoms. The van der Waals surface area contributed by atoms with Crippen molar-refractivity contribution in [1.29, 1.82) is 0 Å². The standard InChI is InChI=1S/C24H28ClF2N7O2/c1-14-18(11-29-34(14)20-9-24(20,26)27)31-22-28-10-15-7-16(25)19(8-17(15)30-22)32-3-5-33(6-4-32)23(2)13-36-12-21(23)35/h7-8,10-11,20-21,35H,3-6,9,12-13H2,1-2H3,(H,28,30,31). The van der Waals surface area contributed by atoms with Crippen molar-refractivity contribution in [3.8, 4) is 0 Å². The number of halogens is 3. The highest BCUT2D eigenvalue weighted by Gasteiger charge is 2.59. The van der Waals surface area contributed by atoms with Gasteiger partial charge in [0.25, 0.3) is 5.92 Å². The van der Waals surface area contributed by atoms with Crippen LogP contribution < -0.4 is 10.2 Å². The monoisotopic (exact) mass is 519 g/mol. The second kappa shape index (κ2) is 8.47. The summed E-state index contributed by atoms with van der Waals surface area (Å²) in [5.74, 6) is -2.34. The predicted octanol–water partition coefficient (Wildman–Crippen LogP) is 3.38. The molecule has 2 aromatic heterocycles. The molecule has 1 aromatic carbocycles. The molecule has 12 heteroatoms. The second-order valence-corrected chi connectivity index (χ2v) is 10.5. The number of aromatic nitrogens is 4. The molecule has 0 radical (unpaired) electrons. The smallest absolute Gasteiger partial charge is 0.272 e. The lowest BCUT2D eigenvalue weighted by atomic mass is 9.95. The van der Waals surface area contributed by atoms with E-state index in [1.165, 1.54) is 10.9 Å². The number of anilines is 3. The Morgan fingerprint density at radius 2 is 1.94 bits per heavy atom. The third-order valence-corrected chi connectivity index (χ3v) is 8.06. The molecular weight excluding hydrogens is 492 g/mol. The van der Waals surface area contributed by atoms with Gasteiger partial charge in [-0.25, -0.2) is 18.7 Å². The van der Waals surface area contributed by atoms with E-state index in [1.54, 1.807) is 13.1 Å². The van der Waals surface area contributed by atoms with E-state index < -0.39 is 18.1 Å². The van der Waals surface area contributed by atoms with Crippen LogP contribution in [-0.2, 0) is 4.74 Å². The number of hydrogen-bond acceptors (Lipinski definition) is 8. The number of alkyl halides is 2. The molecule has 3 atom stereocenters. The summed E-state index contributed by atoms with van der Waals surface area (Å²) in [7, 11) is 0. The van der Waals surface area contributed by atoms with Crippen LogP contribution in [-0.4, -0.2) is 86.7 Å². The average Bonchev–Trinajstić information content (AvgIpc) is 3.13. The van der Waals surface area contributed by atoms with E-state index in [9.17, 15) is 13.9 Å². The summed E-state index contributed by atoms with van der Waals surface area (Å²) in [6.07, 6.45) is 2.53. The highest BCUT2D eigenvalue weighted by atomic mass is 35.5. The van der Waals surface area contributed by atoms with Crippen molar-refractivity contribution < 1.29 is 18.6 Å². The number of fused-ring (bicyclic) bond motifs is 1. The van der Waals surface area contributed by atoms with Crippen LogP contribution in [0.4, 0.5) is 26.1 Å². The van der Waals surface area contributed by atoms with E-state index in [1.807, 2.05) is 12.1 Å². The highest BCUT2D eigenvalue weighted by Crippen LogP contribution is 2.53. The van der Waals surface area contributed by atoms with Crippen LogP contribution in [0.3, 0.4) is 0 Å². The van der Waals surface area contributed by atoms with Crippen molar-refractivity contribution in [2.45, 2.75) is 43.9 Å². The maximum atomic E-state index is 13.5. The maximum Gasteiger partial charge on any atom is 0.272 e. The van der Waals surface area contributed by atoms with Gasteiger partial charge in [0.05, 0.1) is 58.7 Å². The van der Waals surface area contributed by atoms with Gasteiger partial charge in [-0.1, -0.05) is 11.6 Å². The first-order chi connectivity index (χ1) is 17.2. The third kappa shape index (κ3) is 3.98. The summed E-state index contributed by atoms with van der Waals surface area (Å²) in [5.41, 5.74) is 2.45. The van der Waals surface area contributed by atoms with Crippen LogP contribution in [0.15, 0.2) is 24.5 Å². The van der Waals surface area contributed by atoms with Gasteiger partial charge >= 0.3 is 0 Å². The fraction of sp³-hybridized carbons (Fsp3) is 0.542. The molecule has 0 amide bonds. The highest BCUT2D eigenvalue weighted by molar-refractivity contribution is 6.34. The van der Waals surface area contributed by atoms with E-state index in [0.29, 0.717) is 35.6 Å². The van der Waals surface area contributed by atoms with Crippen LogP contribution >= 0.6 is 11.6 Å². The molecule has 192 valence electrons. The first-order valence-corrected chi connectivity index (χ1v) is 12.4. The molecule has 2 aliphatic heterocycles. The number of hydrogen-bond donors (Lipinski definition) is 2. The van der Waals surface area contributed by atoms with Crippen molar-refractivity contribution >= 4 is 39.8 Å². The molecule has 2 N–H and O–H groups in total. The van der Waals surface area contributed by atoms with E-state index >= 15 is 0 Å². The summed E-state index contributed by atoms with van der Waals surface area (Å²) >= 11 is 6.64. The maximum absolute atomic E-state index is 13.5. The minimum atomic E-state index is -2.70. The molecule has 4 heterocycles. The van der Waals surface area contributed by atoms with Crippen molar-refractivity contribution in [3.05, 3.63) is 35.2 Å². The molecule has 9 nitrogen and oxygen atoms in total. The van der Waals surface area contributed by atoms with Crippen LogP contribution in [0.2, 0.25) is 5.02 Å². The fourth-order valence-electron chi connectivity index (χ4n) is 5.20. The van der Waals surface area contributed by atoms with Gasteiger partial charge in [-0.2, -0.15) is 5.10 Å². The van der Waals surface area contributed by atoms with Crippen molar-refractivity contribution in [1.82, 2.24) is 24.6 Å². The lowest BCUT2D eigenvalue weighted by Gasteiger charge is -2.45. The van der Waals surface area contributed by atoms with Crippen molar-refractivity contribution in [2.75, 3.05) is 49.6 Å². The molecule has 0 spiro atoms. The topological polar surface area (TPSA) is 91.6 Å². The molecule has 3 aliphatic rings. The number of rotatable bonds is 5. The molecule has 3 fully saturated rings. The Balaban J connectivity index is 1.20. The van der Waals surface area contributed by atoms with Gasteiger partial charge in [-0.3, -0.25) is 9.58 Å². The normalized spacial score (nSPS) is 28.1. The molecular formula is C24H28ClF2N7O2. The van der Waals surface area contributed by atoms with E-state index in [4.69, 9.17) is 16.3 Å². The predicted molar refractivity (Wildman–Crippen MR) is 132 cm³/mol. The van der Waals surface area contributed by atoms with Gasteiger partial charge < -0.3 is 20.1 Å². The Hall–Kier alpha value is -2.60. The largest absolute Gasteiger partial charge is 0.389 e. The van der Waals surface area contributed by atoms with Gasteiger partial charge in [0.15, 0.2) is 0 Å². The summed E-state index contributed by atoms with van der Waals surface area (Å²) in [6, 6.07) is 2.93. The molecule has 2 saturated heterocycles. The average molecular weight is 520 g/mol. The van der Waals surface area contributed by atoms with Gasteiger partial charge in [0.2, 0.25) is 5.95 Å². The molecule has 0 bridgehead atoms. The van der Waals surface area contributed by atoms with Gasteiger partial charge in [-0.05, 0) is 26.0 Å². The molecule has 3 aromatic rings.